The third kappa shape index (κ3) is 2.79. The molecule has 8 atom stereocenters. The summed E-state index contributed by atoms with van der Waals surface area (Å²) < 4.78 is 5.19. The fourth-order valence-electron chi connectivity index (χ4n) is 10.4. The van der Waals surface area contributed by atoms with Crippen LogP contribution in [0.5, 0.6) is 0 Å². The molecule has 0 radical (unpaired) electrons. The van der Waals surface area contributed by atoms with E-state index in [0.717, 1.165) is 44.9 Å². The summed E-state index contributed by atoms with van der Waals surface area (Å²) >= 11 is 0. The van der Waals surface area contributed by atoms with E-state index in [2.05, 4.69) is 41.5 Å². The normalized spacial score (nSPS) is 51.8. The second-order valence-corrected chi connectivity index (χ2v) is 15.0. The predicted molar refractivity (Wildman–Crippen MR) is 138 cm³/mol. The van der Waals surface area contributed by atoms with Crippen molar-refractivity contribution in [3.63, 3.8) is 0 Å². The van der Waals surface area contributed by atoms with Crippen LogP contribution in [0, 0.1) is 44.3 Å². The van der Waals surface area contributed by atoms with Gasteiger partial charge < -0.3 is 9.84 Å². The number of rotatable bonds is 1. The van der Waals surface area contributed by atoms with Gasteiger partial charge in [0.1, 0.15) is 11.4 Å². The molecule has 5 rings (SSSR count). The van der Waals surface area contributed by atoms with Gasteiger partial charge in [-0.25, -0.2) is 0 Å². The highest BCUT2D eigenvalue weighted by Gasteiger charge is 2.75. The Morgan fingerprint density at radius 1 is 0.917 bits per heavy atom. The summed E-state index contributed by atoms with van der Waals surface area (Å²) in [7, 11) is 1.43. The standard InChI is InChI=1S/C31H46O5/c1-25(2)19-9-12-29(6)20(28(19,5)11-10-22(25)32)17-23(33)31(35)21-18-27(4,24(34)36-8)14-13-26(21,3)15-16-30(29,31)7/h17,19,21,35H,9-16,18H2,1-8H3. The Labute approximate surface area is 216 Å². The second kappa shape index (κ2) is 7.33. The lowest BCUT2D eigenvalue weighted by molar-refractivity contribution is -0.245. The fourth-order valence-corrected chi connectivity index (χ4v) is 10.4. The molecule has 0 aromatic carbocycles. The minimum absolute atomic E-state index is 0.181. The predicted octanol–water partition coefficient (Wildman–Crippen LogP) is 5.82. The first kappa shape index (κ1) is 26.1. The molecule has 4 saturated carbocycles. The molecule has 5 nitrogen and oxygen atoms in total. The van der Waals surface area contributed by atoms with Crippen molar-refractivity contribution >= 4 is 17.5 Å². The van der Waals surface area contributed by atoms with Crippen LogP contribution in [0.2, 0.25) is 0 Å². The SMILES string of the molecule is COC(=O)C1(C)CCC2(C)CCC3(C)C4(C)CCC5C(C)(C)C(=O)CCC5(C)C4=CC(=O)C3(O)C2C1. The van der Waals surface area contributed by atoms with Gasteiger partial charge in [0.15, 0.2) is 5.78 Å². The third-order valence-corrected chi connectivity index (χ3v) is 13.2. The van der Waals surface area contributed by atoms with E-state index in [0.29, 0.717) is 18.6 Å². The number of carbonyl (C=O) groups excluding carboxylic acids is 3. The lowest BCUT2D eigenvalue weighted by Crippen LogP contribution is -2.74. The summed E-state index contributed by atoms with van der Waals surface area (Å²) in [6.07, 6.45) is 8.62. The van der Waals surface area contributed by atoms with Crippen LogP contribution >= 0.6 is 0 Å². The topological polar surface area (TPSA) is 80.7 Å². The van der Waals surface area contributed by atoms with Gasteiger partial charge in [-0.2, -0.15) is 0 Å². The Morgan fingerprint density at radius 2 is 1.56 bits per heavy atom. The van der Waals surface area contributed by atoms with Crippen LogP contribution < -0.4 is 0 Å². The molecule has 0 saturated heterocycles. The van der Waals surface area contributed by atoms with Crippen molar-refractivity contribution in [1.82, 2.24) is 0 Å². The van der Waals surface area contributed by atoms with Crippen LogP contribution in [0.1, 0.15) is 106 Å². The highest BCUT2D eigenvalue weighted by atomic mass is 16.5. The zero-order valence-corrected chi connectivity index (χ0v) is 23.7. The van der Waals surface area contributed by atoms with Crippen molar-refractivity contribution in [3.8, 4) is 0 Å². The van der Waals surface area contributed by atoms with Crippen molar-refractivity contribution in [2.24, 2.45) is 44.3 Å². The summed E-state index contributed by atoms with van der Waals surface area (Å²) in [4.78, 5) is 40.1. The van der Waals surface area contributed by atoms with E-state index < -0.39 is 21.8 Å². The van der Waals surface area contributed by atoms with Crippen LogP contribution in [-0.2, 0) is 19.1 Å². The van der Waals surface area contributed by atoms with Gasteiger partial charge in [0.2, 0.25) is 0 Å². The van der Waals surface area contributed by atoms with Gasteiger partial charge in [-0.3, -0.25) is 14.4 Å². The van der Waals surface area contributed by atoms with E-state index in [-0.39, 0.29) is 39.8 Å². The van der Waals surface area contributed by atoms with Crippen LogP contribution in [0.3, 0.4) is 0 Å². The van der Waals surface area contributed by atoms with E-state index in [4.69, 9.17) is 4.74 Å². The van der Waals surface area contributed by atoms with Gasteiger partial charge in [0.25, 0.3) is 0 Å². The largest absolute Gasteiger partial charge is 0.469 e. The lowest BCUT2D eigenvalue weighted by Gasteiger charge is -2.72. The van der Waals surface area contributed by atoms with Crippen molar-refractivity contribution in [3.05, 3.63) is 11.6 Å². The van der Waals surface area contributed by atoms with E-state index >= 15 is 0 Å². The molecule has 8 unspecified atom stereocenters. The van der Waals surface area contributed by atoms with Crippen molar-refractivity contribution in [2.45, 2.75) is 112 Å². The molecule has 0 bridgehead atoms. The van der Waals surface area contributed by atoms with Gasteiger partial charge in [0.05, 0.1) is 12.5 Å². The average Bonchev–Trinajstić information content (AvgIpc) is 2.81. The fraction of sp³-hybridized carbons (Fsp3) is 0.839. The number of ether oxygens (including phenoxy) is 1. The number of allylic oxidation sites excluding steroid dienone is 1. The number of ketones is 2. The molecule has 200 valence electrons. The number of aliphatic hydroxyl groups is 1. The quantitative estimate of drug-likeness (QED) is 0.461. The van der Waals surface area contributed by atoms with Crippen molar-refractivity contribution in [2.75, 3.05) is 7.11 Å². The zero-order chi connectivity index (χ0) is 26.7. The molecule has 0 aromatic rings. The maximum Gasteiger partial charge on any atom is 0.311 e. The number of Topliss-reactive ketones (excluding diaryl/α,β-unsaturated/α-hetero) is 1. The highest BCUT2D eigenvalue weighted by molar-refractivity contribution is 6.01. The molecule has 0 aliphatic heterocycles. The van der Waals surface area contributed by atoms with Gasteiger partial charge in [-0.1, -0.05) is 47.1 Å². The minimum Gasteiger partial charge on any atom is -0.469 e. The van der Waals surface area contributed by atoms with Crippen LogP contribution in [0.4, 0.5) is 0 Å². The van der Waals surface area contributed by atoms with Crippen LogP contribution in [-0.4, -0.2) is 35.4 Å². The number of hydrogen-bond acceptors (Lipinski definition) is 5. The Bertz CT molecular complexity index is 1070. The Morgan fingerprint density at radius 3 is 2.19 bits per heavy atom. The molecule has 0 heterocycles. The van der Waals surface area contributed by atoms with Crippen LogP contribution in [0.15, 0.2) is 11.6 Å². The minimum atomic E-state index is -1.53. The molecule has 5 heteroatoms. The number of fused-ring (bicyclic) bond motifs is 7. The number of hydrogen-bond donors (Lipinski definition) is 1. The maximum atomic E-state index is 14.3. The lowest BCUT2D eigenvalue weighted by atomic mass is 9.32. The van der Waals surface area contributed by atoms with E-state index in [1.165, 1.54) is 12.7 Å². The van der Waals surface area contributed by atoms with Gasteiger partial charge >= 0.3 is 5.97 Å². The summed E-state index contributed by atoms with van der Waals surface area (Å²) in [6.45, 7) is 15.1. The molecule has 0 amide bonds. The zero-order valence-electron chi connectivity index (χ0n) is 23.7. The maximum absolute atomic E-state index is 14.3. The van der Waals surface area contributed by atoms with Gasteiger partial charge in [-0.15, -0.1) is 0 Å². The third-order valence-electron chi connectivity index (χ3n) is 13.2. The molecular formula is C31H46O5. The monoisotopic (exact) mass is 498 g/mol. The summed E-state index contributed by atoms with van der Waals surface area (Å²) in [5.74, 6) is -0.206. The first-order chi connectivity index (χ1) is 16.5. The second-order valence-electron chi connectivity index (χ2n) is 15.0. The first-order valence-corrected chi connectivity index (χ1v) is 14.1. The first-order valence-electron chi connectivity index (χ1n) is 14.1. The summed E-state index contributed by atoms with van der Waals surface area (Å²) in [6, 6.07) is 0. The smallest absolute Gasteiger partial charge is 0.311 e. The average molecular weight is 499 g/mol. The van der Waals surface area contributed by atoms with E-state index in [1.807, 2.05) is 13.0 Å². The molecule has 0 spiro atoms. The van der Waals surface area contributed by atoms with E-state index in [1.54, 1.807) is 0 Å². The van der Waals surface area contributed by atoms with Crippen molar-refractivity contribution in [1.29, 1.82) is 0 Å². The van der Waals surface area contributed by atoms with Crippen LogP contribution in [0.25, 0.3) is 0 Å². The number of carbonyl (C=O) groups is 3. The van der Waals surface area contributed by atoms with E-state index in [9.17, 15) is 19.5 Å². The molecule has 0 aromatic heterocycles. The number of methoxy groups -OCH3 is 1. The molecule has 1 N–H and O–H groups in total. The Kier molecular flexibility index (Phi) is 5.32. The van der Waals surface area contributed by atoms with Gasteiger partial charge in [-0.05, 0) is 86.5 Å². The molecule has 4 fully saturated rings. The Hall–Kier alpha value is -1.49. The van der Waals surface area contributed by atoms with Crippen molar-refractivity contribution < 1.29 is 24.2 Å². The molecule has 5 aliphatic rings. The highest BCUT2D eigenvalue weighted by Crippen LogP contribution is 2.75. The summed E-state index contributed by atoms with van der Waals surface area (Å²) in [5, 5.41) is 12.8. The molecule has 36 heavy (non-hydrogen) atoms. The Balaban J connectivity index is 1.66. The molecular weight excluding hydrogens is 452 g/mol. The van der Waals surface area contributed by atoms with Gasteiger partial charge in [0, 0.05) is 23.2 Å². The summed E-state index contributed by atoms with van der Waals surface area (Å²) in [5.41, 5.74) is -2.90. The number of esters is 1. The molecule has 5 aliphatic carbocycles.